The van der Waals surface area contributed by atoms with Crippen LogP contribution in [0.3, 0.4) is 0 Å². The van der Waals surface area contributed by atoms with E-state index in [4.69, 9.17) is 9.05 Å². The molecule has 0 bridgehead atoms. The minimum atomic E-state index is -4.61. The Kier molecular flexibility index (Phi) is 58.4. The third-order valence-corrected chi connectivity index (χ3v) is 16.2. The number of rotatable bonds is 62. The summed E-state index contributed by atoms with van der Waals surface area (Å²) in [6.07, 6.45) is 81.9. The second kappa shape index (κ2) is 59.8. The molecule has 3 unspecified atom stereocenters. The lowest BCUT2D eigenvalue weighted by atomic mass is 10.0. The van der Waals surface area contributed by atoms with Crippen molar-refractivity contribution in [2.24, 2.45) is 0 Å². The molecular weight excluding hydrogens is 984 g/mol. The molecule has 0 aromatic carbocycles. The summed E-state index contributed by atoms with van der Waals surface area (Å²) < 4.78 is 23.4. The number of aliphatic hydroxyl groups excluding tert-OH is 1. The number of phosphoric acid groups is 1. The van der Waals surface area contributed by atoms with Gasteiger partial charge in [0.05, 0.1) is 39.9 Å². The van der Waals surface area contributed by atoms with E-state index >= 15 is 0 Å². The number of aliphatic hydroxyl groups is 1. The van der Waals surface area contributed by atoms with Crippen LogP contribution in [0.1, 0.15) is 322 Å². The Labute approximate surface area is 485 Å². The molecule has 2 N–H and O–H groups in total. The van der Waals surface area contributed by atoms with E-state index in [0.717, 1.165) is 64.2 Å². The molecule has 9 heteroatoms. The quantitative estimate of drug-likeness (QED) is 0.0272. The maximum atomic E-state index is 13.0. The van der Waals surface area contributed by atoms with Gasteiger partial charge in [-0.05, 0) is 57.8 Å². The van der Waals surface area contributed by atoms with Crippen LogP contribution >= 0.6 is 7.82 Å². The van der Waals surface area contributed by atoms with E-state index in [0.29, 0.717) is 17.4 Å². The number of carbonyl (C=O) groups is 1. The first kappa shape index (κ1) is 76.2. The number of carbonyl (C=O) groups excluding carboxylic acids is 1. The van der Waals surface area contributed by atoms with E-state index in [1.165, 1.54) is 238 Å². The number of hydrogen-bond donors (Lipinski definition) is 2. The average molecular weight is 1120 g/mol. The van der Waals surface area contributed by atoms with E-state index in [1.54, 1.807) is 6.08 Å². The Morgan fingerprint density at radius 3 is 1.14 bits per heavy atom. The number of amides is 1. The minimum Gasteiger partial charge on any atom is -0.756 e. The number of quaternary nitrogens is 1. The highest BCUT2D eigenvalue weighted by molar-refractivity contribution is 7.45. The van der Waals surface area contributed by atoms with Crippen molar-refractivity contribution in [2.75, 3.05) is 40.9 Å². The van der Waals surface area contributed by atoms with Crippen LogP contribution in [0, 0.1) is 0 Å². The average Bonchev–Trinajstić information content (AvgIpc) is 3.41. The fraction of sp³-hybridized carbons (Fsp3) is 0.841. The third-order valence-electron chi connectivity index (χ3n) is 15.2. The lowest BCUT2D eigenvalue weighted by molar-refractivity contribution is -0.870. The summed E-state index contributed by atoms with van der Waals surface area (Å²) in [6.45, 7) is 4.58. The van der Waals surface area contributed by atoms with Gasteiger partial charge in [0.15, 0.2) is 0 Å². The van der Waals surface area contributed by atoms with Gasteiger partial charge in [0.2, 0.25) is 5.91 Å². The lowest BCUT2D eigenvalue weighted by Gasteiger charge is -2.29. The second-order valence-corrected chi connectivity index (χ2v) is 25.6. The second-order valence-electron chi connectivity index (χ2n) is 24.2. The molecule has 0 aliphatic carbocycles. The lowest BCUT2D eigenvalue weighted by Crippen LogP contribution is -2.45. The van der Waals surface area contributed by atoms with Crippen LogP contribution in [0.5, 0.6) is 0 Å². The van der Waals surface area contributed by atoms with Gasteiger partial charge >= 0.3 is 0 Å². The number of unbranched alkanes of at least 4 members (excludes halogenated alkanes) is 41. The molecule has 0 aromatic rings. The number of likely N-dealkylation sites (N-methyl/N-ethyl adjacent to an activating group) is 1. The van der Waals surface area contributed by atoms with E-state index in [9.17, 15) is 19.4 Å². The third kappa shape index (κ3) is 61.8. The van der Waals surface area contributed by atoms with Gasteiger partial charge in [0, 0.05) is 6.42 Å². The molecule has 0 aromatic heterocycles. The standard InChI is InChI=1S/C69H131N2O6P/c1-6-8-10-12-14-16-18-20-22-24-26-28-30-32-33-34-35-36-37-39-40-42-44-46-48-50-52-54-56-58-60-62-68(72)67(66-77-78(74,75)76-65-64-71(3,4)5)70-69(73)63-61-59-57-55-53-51-49-47-45-43-41-38-31-29-27-25-23-21-19-17-15-13-11-9-7-2/h9,11,15,17,21,23,27,29,60,62,67-68,72H,6-8,10,12-14,16,18-20,22,24-26,28,30-59,61,63-66H2,1-5H3,(H-,70,73,74,75)/b11-9-,17-15-,23-21-,29-27-,62-60+. The van der Waals surface area contributed by atoms with Gasteiger partial charge in [-0.1, -0.05) is 319 Å². The summed E-state index contributed by atoms with van der Waals surface area (Å²) in [5.41, 5.74) is 0. The van der Waals surface area contributed by atoms with Crippen LogP contribution in [0.2, 0.25) is 0 Å². The van der Waals surface area contributed by atoms with Gasteiger partial charge in [-0.15, -0.1) is 0 Å². The monoisotopic (exact) mass is 1110 g/mol. The predicted octanol–water partition coefficient (Wildman–Crippen LogP) is 20.6. The highest BCUT2D eigenvalue weighted by atomic mass is 31.2. The highest BCUT2D eigenvalue weighted by Gasteiger charge is 2.23. The molecule has 0 radical (unpaired) electrons. The summed E-state index contributed by atoms with van der Waals surface area (Å²) in [6, 6.07) is -0.892. The van der Waals surface area contributed by atoms with Crippen molar-refractivity contribution in [1.29, 1.82) is 0 Å². The van der Waals surface area contributed by atoms with Gasteiger partial charge in [0.25, 0.3) is 7.82 Å². The normalized spacial score (nSPS) is 14.1. The van der Waals surface area contributed by atoms with Crippen LogP contribution in [0.15, 0.2) is 60.8 Å². The summed E-state index contributed by atoms with van der Waals surface area (Å²) in [5.74, 6) is -0.197. The summed E-state index contributed by atoms with van der Waals surface area (Å²) in [5, 5.41) is 14.0. The summed E-state index contributed by atoms with van der Waals surface area (Å²) >= 11 is 0. The van der Waals surface area contributed by atoms with Crippen molar-refractivity contribution in [1.82, 2.24) is 5.32 Å². The molecule has 0 rings (SSSR count). The molecule has 0 spiro atoms. The molecule has 458 valence electrons. The van der Waals surface area contributed by atoms with Gasteiger partial charge in [0.1, 0.15) is 13.2 Å². The van der Waals surface area contributed by atoms with Gasteiger partial charge in [-0.3, -0.25) is 9.36 Å². The zero-order valence-corrected chi connectivity index (χ0v) is 53.3. The molecule has 8 nitrogen and oxygen atoms in total. The molecule has 78 heavy (non-hydrogen) atoms. The predicted molar refractivity (Wildman–Crippen MR) is 339 cm³/mol. The highest BCUT2D eigenvalue weighted by Crippen LogP contribution is 2.38. The molecule has 0 heterocycles. The summed E-state index contributed by atoms with van der Waals surface area (Å²) in [7, 11) is 1.27. The van der Waals surface area contributed by atoms with Crippen LogP contribution in [-0.4, -0.2) is 68.5 Å². The SMILES string of the molecule is CC/C=C\C/C=C\C/C=C\C/C=C\CCCCCCCCCCCCCCC(=O)NC(COP(=O)([O-])OCC[N+](C)(C)C)C(O)/C=C/CCCCCCCCCCCCCCCCCCCCCCCCCCCCCCC. The number of phosphoric ester groups is 1. The van der Waals surface area contributed by atoms with Crippen molar-refractivity contribution in [2.45, 2.75) is 334 Å². The van der Waals surface area contributed by atoms with Gasteiger partial charge in [-0.2, -0.15) is 0 Å². The molecule has 0 aliphatic heterocycles. The largest absolute Gasteiger partial charge is 0.756 e. The molecule has 0 fully saturated rings. The Morgan fingerprint density at radius 1 is 0.462 bits per heavy atom. The van der Waals surface area contributed by atoms with E-state index in [2.05, 4.69) is 67.8 Å². The smallest absolute Gasteiger partial charge is 0.268 e. The van der Waals surface area contributed by atoms with Gasteiger partial charge < -0.3 is 28.8 Å². The topological polar surface area (TPSA) is 108 Å². The molecular formula is C69H131N2O6P. The van der Waals surface area contributed by atoms with Gasteiger partial charge in [-0.25, -0.2) is 0 Å². The zero-order valence-electron chi connectivity index (χ0n) is 52.4. The fourth-order valence-corrected chi connectivity index (χ4v) is 10.8. The van der Waals surface area contributed by atoms with Crippen LogP contribution < -0.4 is 10.2 Å². The van der Waals surface area contributed by atoms with E-state index in [-0.39, 0.29) is 19.1 Å². The fourth-order valence-electron chi connectivity index (χ4n) is 10.0. The Balaban J connectivity index is 4.09. The van der Waals surface area contributed by atoms with Crippen molar-refractivity contribution in [3.05, 3.63) is 60.8 Å². The zero-order chi connectivity index (χ0) is 57.0. The summed E-state index contributed by atoms with van der Waals surface area (Å²) in [4.78, 5) is 25.6. The maximum Gasteiger partial charge on any atom is 0.268 e. The number of nitrogens with one attached hydrogen (secondary N) is 1. The minimum absolute atomic E-state index is 0.00233. The van der Waals surface area contributed by atoms with Crippen LogP contribution in [-0.2, 0) is 18.4 Å². The van der Waals surface area contributed by atoms with E-state index in [1.807, 2.05) is 27.2 Å². The maximum absolute atomic E-state index is 13.0. The Hall–Kier alpha value is -1.80. The molecule has 0 saturated heterocycles. The molecule has 0 aliphatic rings. The van der Waals surface area contributed by atoms with Crippen molar-refractivity contribution >= 4 is 13.7 Å². The first-order valence-electron chi connectivity index (χ1n) is 33.7. The van der Waals surface area contributed by atoms with Crippen LogP contribution in [0.4, 0.5) is 0 Å². The number of nitrogens with zero attached hydrogens (tertiary/aromatic N) is 1. The van der Waals surface area contributed by atoms with Crippen molar-refractivity contribution < 1.29 is 32.9 Å². The molecule has 1 amide bonds. The van der Waals surface area contributed by atoms with E-state index < -0.39 is 20.0 Å². The van der Waals surface area contributed by atoms with Crippen molar-refractivity contribution in [3.8, 4) is 0 Å². The molecule has 0 saturated carbocycles. The Bertz CT molecular complexity index is 1450. The van der Waals surface area contributed by atoms with Crippen LogP contribution in [0.25, 0.3) is 0 Å². The first-order valence-corrected chi connectivity index (χ1v) is 35.1. The number of allylic oxidation sites excluding steroid dienone is 9. The van der Waals surface area contributed by atoms with Crippen molar-refractivity contribution in [3.63, 3.8) is 0 Å². The molecule has 3 atom stereocenters. The number of hydrogen-bond acceptors (Lipinski definition) is 6. The first-order chi connectivity index (χ1) is 38.0. The Morgan fingerprint density at radius 2 is 0.782 bits per heavy atom.